The first-order valence-corrected chi connectivity index (χ1v) is 6.90. The Morgan fingerprint density at radius 1 is 1.37 bits per heavy atom. The maximum atomic E-state index is 12.1. The standard InChI is InChI=1S/C15H23N3O/c1-18(2)11-12-5-7-14(8-6-12)17-15(19)13-4-3-9-16-10-13/h5-8,13,16H,3-4,9-11H2,1-2H3,(H,17,19)/t13-/m1/s1. The average Bonchev–Trinajstić information content (AvgIpc) is 2.41. The molecule has 0 aromatic heterocycles. The highest BCUT2D eigenvalue weighted by molar-refractivity contribution is 5.92. The van der Waals surface area contributed by atoms with Crippen molar-refractivity contribution in [1.29, 1.82) is 0 Å². The van der Waals surface area contributed by atoms with Gasteiger partial charge in [0.25, 0.3) is 0 Å². The summed E-state index contributed by atoms with van der Waals surface area (Å²) < 4.78 is 0. The third kappa shape index (κ3) is 4.33. The molecule has 1 atom stereocenters. The SMILES string of the molecule is CN(C)Cc1ccc(NC(=O)[C@@H]2CCCNC2)cc1. The molecule has 1 aromatic carbocycles. The third-order valence-corrected chi connectivity index (χ3v) is 3.39. The number of hydrogen-bond acceptors (Lipinski definition) is 3. The van der Waals surface area contributed by atoms with Crippen LogP contribution in [0.4, 0.5) is 5.69 Å². The van der Waals surface area contributed by atoms with Gasteiger partial charge in [-0.15, -0.1) is 0 Å². The third-order valence-electron chi connectivity index (χ3n) is 3.39. The second-order valence-electron chi connectivity index (χ2n) is 5.47. The summed E-state index contributed by atoms with van der Waals surface area (Å²) in [5.74, 6) is 0.239. The van der Waals surface area contributed by atoms with E-state index in [2.05, 4.69) is 27.7 Å². The molecule has 1 fully saturated rings. The van der Waals surface area contributed by atoms with Gasteiger partial charge in [0.2, 0.25) is 5.91 Å². The van der Waals surface area contributed by atoms with Gasteiger partial charge in [0.05, 0.1) is 5.92 Å². The molecule has 0 saturated carbocycles. The van der Waals surface area contributed by atoms with Crippen molar-refractivity contribution in [2.45, 2.75) is 19.4 Å². The monoisotopic (exact) mass is 261 g/mol. The summed E-state index contributed by atoms with van der Waals surface area (Å²) in [5.41, 5.74) is 2.14. The summed E-state index contributed by atoms with van der Waals surface area (Å²) in [6, 6.07) is 8.09. The van der Waals surface area contributed by atoms with Crippen molar-refractivity contribution in [2.24, 2.45) is 5.92 Å². The van der Waals surface area contributed by atoms with E-state index in [9.17, 15) is 4.79 Å². The lowest BCUT2D eigenvalue weighted by molar-refractivity contribution is -0.120. The number of amides is 1. The molecule has 104 valence electrons. The number of benzene rings is 1. The molecule has 1 aliphatic heterocycles. The van der Waals surface area contributed by atoms with Gasteiger partial charge in [-0.25, -0.2) is 0 Å². The summed E-state index contributed by atoms with van der Waals surface area (Å²) >= 11 is 0. The minimum atomic E-state index is 0.107. The zero-order valence-corrected chi connectivity index (χ0v) is 11.8. The molecular weight excluding hydrogens is 238 g/mol. The van der Waals surface area contributed by atoms with Gasteiger partial charge in [-0.05, 0) is 51.2 Å². The van der Waals surface area contributed by atoms with Crippen LogP contribution in [0.2, 0.25) is 0 Å². The fourth-order valence-corrected chi connectivity index (χ4v) is 2.38. The van der Waals surface area contributed by atoms with Gasteiger partial charge in [0, 0.05) is 18.8 Å². The van der Waals surface area contributed by atoms with Crippen molar-refractivity contribution in [1.82, 2.24) is 10.2 Å². The molecule has 19 heavy (non-hydrogen) atoms. The average molecular weight is 261 g/mol. The Labute approximate surface area is 115 Å². The molecule has 0 unspecified atom stereocenters. The van der Waals surface area contributed by atoms with Crippen LogP contribution in [0.15, 0.2) is 24.3 Å². The molecule has 0 radical (unpaired) electrons. The summed E-state index contributed by atoms with van der Waals surface area (Å²) in [6.07, 6.45) is 2.07. The van der Waals surface area contributed by atoms with E-state index in [-0.39, 0.29) is 11.8 Å². The van der Waals surface area contributed by atoms with Crippen molar-refractivity contribution >= 4 is 11.6 Å². The number of rotatable bonds is 4. The van der Waals surface area contributed by atoms with Crippen molar-refractivity contribution in [3.63, 3.8) is 0 Å². The van der Waals surface area contributed by atoms with Crippen LogP contribution in [0.5, 0.6) is 0 Å². The molecule has 1 aliphatic rings. The van der Waals surface area contributed by atoms with E-state index in [1.54, 1.807) is 0 Å². The van der Waals surface area contributed by atoms with Gasteiger partial charge in [-0.3, -0.25) is 4.79 Å². The van der Waals surface area contributed by atoms with Gasteiger partial charge in [0.1, 0.15) is 0 Å². The lowest BCUT2D eigenvalue weighted by atomic mass is 9.99. The first-order valence-electron chi connectivity index (χ1n) is 6.90. The molecule has 0 aliphatic carbocycles. The molecular formula is C15H23N3O. The van der Waals surface area contributed by atoms with Crippen LogP contribution in [0.25, 0.3) is 0 Å². The Morgan fingerprint density at radius 3 is 2.68 bits per heavy atom. The number of carbonyl (C=O) groups is 1. The zero-order chi connectivity index (χ0) is 13.7. The van der Waals surface area contributed by atoms with Crippen molar-refractivity contribution < 1.29 is 4.79 Å². The van der Waals surface area contributed by atoms with E-state index in [4.69, 9.17) is 0 Å². The highest BCUT2D eigenvalue weighted by Gasteiger charge is 2.20. The number of carbonyl (C=O) groups excluding carboxylic acids is 1. The number of hydrogen-bond donors (Lipinski definition) is 2. The number of nitrogens with zero attached hydrogens (tertiary/aromatic N) is 1. The second-order valence-corrected chi connectivity index (χ2v) is 5.47. The number of nitrogens with one attached hydrogen (secondary N) is 2. The van der Waals surface area contributed by atoms with Gasteiger partial charge >= 0.3 is 0 Å². The predicted octanol–water partition coefficient (Wildman–Crippen LogP) is 1.69. The Balaban J connectivity index is 1.89. The summed E-state index contributed by atoms with van der Waals surface area (Å²) in [4.78, 5) is 14.2. The van der Waals surface area contributed by atoms with Crippen LogP contribution < -0.4 is 10.6 Å². The van der Waals surface area contributed by atoms with E-state index in [0.717, 1.165) is 38.2 Å². The Bertz CT molecular complexity index is 408. The van der Waals surface area contributed by atoms with Gasteiger partial charge in [0.15, 0.2) is 0 Å². The second kappa shape index (κ2) is 6.68. The fraction of sp³-hybridized carbons (Fsp3) is 0.533. The first kappa shape index (κ1) is 14.0. The zero-order valence-electron chi connectivity index (χ0n) is 11.8. The normalized spacial score (nSPS) is 19.4. The predicted molar refractivity (Wildman–Crippen MR) is 78.1 cm³/mol. The molecule has 1 saturated heterocycles. The summed E-state index contributed by atoms with van der Waals surface area (Å²) in [6.45, 7) is 2.74. The summed E-state index contributed by atoms with van der Waals surface area (Å²) in [7, 11) is 4.09. The molecule has 1 aromatic rings. The van der Waals surface area contributed by atoms with E-state index in [1.165, 1.54) is 5.56 Å². The lowest BCUT2D eigenvalue weighted by Crippen LogP contribution is -2.37. The Hall–Kier alpha value is -1.39. The van der Waals surface area contributed by atoms with Gasteiger partial charge < -0.3 is 15.5 Å². The topological polar surface area (TPSA) is 44.4 Å². The Kier molecular flexibility index (Phi) is 4.93. The summed E-state index contributed by atoms with van der Waals surface area (Å²) in [5, 5.41) is 6.27. The highest BCUT2D eigenvalue weighted by atomic mass is 16.1. The first-order chi connectivity index (χ1) is 9.15. The van der Waals surface area contributed by atoms with Crippen LogP contribution in [-0.4, -0.2) is 38.0 Å². The van der Waals surface area contributed by atoms with Crippen LogP contribution in [0, 0.1) is 5.92 Å². The number of anilines is 1. The molecule has 1 amide bonds. The van der Waals surface area contributed by atoms with E-state index in [0.29, 0.717) is 0 Å². The molecule has 2 N–H and O–H groups in total. The molecule has 2 rings (SSSR count). The largest absolute Gasteiger partial charge is 0.326 e. The van der Waals surface area contributed by atoms with Gasteiger partial charge in [-0.2, -0.15) is 0 Å². The van der Waals surface area contributed by atoms with Crippen LogP contribution in [-0.2, 0) is 11.3 Å². The molecule has 1 heterocycles. The lowest BCUT2D eigenvalue weighted by Gasteiger charge is -2.22. The maximum Gasteiger partial charge on any atom is 0.228 e. The van der Waals surface area contributed by atoms with Crippen LogP contribution >= 0.6 is 0 Å². The molecule has 4 nitrogen and oxygen atoms in total. The smallest absolute Gasteiger partial charge is 0.228 e. The fourth-order valence-electron chi connectivity index (χ4n) is 2.38. The minimum absolute atomic E-state index is 0.107. The van der Waals surface area contributed by atoms with Crippen molar-refractivity contribution in [3.8, 4) is 0 Å². The molecule has 4 heteroatoms. The van der Waals surface area contributed by atoms with Crippen LogP contribution in [0.3, 0.4) is 0 Å². The minimum Gasteiger partial charge on any atom is -0.326 e. The van der Waals surface area contributed by atoms with Gasteiger partial charge in [-0.1, -0.05) is 12.1 Å². The molecule has 0 spiro atoms. The Morgan fingerprint density at radius 2 is 2.11 bits per heavy atom. The van der Waals surface area contributed by atoms with E-state index < -0.39 is 0 Å². The van der Waals surface area contributed by atoms with E-state index in [1.807, 2.05) is 26.2 Å². The van der Waals surface area contributed by atoms with Crippen molar-refractivity contribution in [3.05, 3.63) is 29.8 Å². The quantitative estimate of drug-likeness (QED) is 0.867. The van der Waals surface area contributed by atoms with Crippen LogP contribution in [0.1, 0.15) is 18.4 Å². The molecule has 0 bridgehead atoms. The number of piperidine rings is 1. The maximum absolute atomic E-state index is 12.1. The highest BCUT2D eigenvalue weighted by Crippen LogP contribution is 2.15. The van der Waals surface area contributed by atoms with Crippen molar-refractivity contribution in [2.75, 3.05) is 32.5 Å². The van der Waals surface area contributed by atoms with E-state index >= 15 is 0 Å².